The molecule has 120 valence electrons. The Labute approximate surface area is 162 Å². The molecule has 0 saturated carbocycles. The molecule has 0 spiro atoms. The summed E-state index contributed by atoms with van der Waals surface area (Å²) in [5.41, 5.74) is 3.46. The lowest BCUT2D eigenvalue weighted by Crippen LogP contribution is -2.09. The first kappa shape index (κ1) is 17.2. The molecule has 0 amide bonds. The smallest absolute Gasteiger partial charge is 0.252 e. The second kappa shape index (κ2) is 7.51. The highest BCUT2D eigenvalue weighted by Crippen LogP contribution is 2.35. The molecule has 0 aliphatic heterocycles. The van der Waals surface area contributed by atoms with Crippen LogP contribution in [0.5, 0.6) is 0 Å². The van der Waals surface area contributed by atoms with E-state index in [0.717, 1.165) is 26.0 Å². The number of hydrogen-bond donors (Lipinski definition) is 0. The molecule has 0 bridgehead atoms. The maximum atomic E-state index is 11.3. The van der Waals surface area contributed by atoms with Crippen LogP contribution in [-0.4, -0.2) is 5.24 Å². The van der Waals surface area contributed by atoms with Crippen molar-refractivity contribution in [1.82, 2.24) is 0 Å². The number of anilines is 3. The second-order valence-corrected chi connectivity index (χ2v) is 7.28. The van der Waals surface area contributed by atoms with Crippen molar-refractivity contribution in [3.05, 3.63) is 87.3 Å². The van der Waals surface area contributed by atoms with Gasteiger partial charge in [0.2, 0.25) is 0 Å². The van der Waals surface area contributed by atoms with Gasteiger partial charge < -0.3 is 4.90 Å². The topological polar surface area (TPSA) is 20.3 Å². The summed E-state index contributed by atoms with van der Waals surface area (Å²) in [6.07, 6.45) is 0. The van der Waals surface area contributed by atoms with Gasteiger partial charge in [-0.3, -0.25) is 4.79 Å². The first-order valence-electron chi connectivity index (χ1n) is 7.16. The average molecular weight is 466 g/mol. The van der Waals surface area contributed by atoms with Crippen molar-refractivity contribution in [3.63, 3.8) is 0 Å². The fraction of sp³-hybridized carbons (Fsp3) is 0. The number of halogens is 3. The highest BCUT2D eigenvalue weighted by Gasteiger charge is 2.13. The Bertz CT molecular complexity index is 801. The normalized spacial score (nSPS) is 10.5. The number of benzene rings is 3. The standard InChI is InChI=1S/C19H12Br2ClNO/c20-14-3-9-17(10-4-14)23(18-11-5-15(21)6-12-18)16-7-1-13(2-8-16)19(22)24/h1-12H. The summed E-state index contributed by atoms with van der Waals surface area (Å²) in [7, 11) is 0. The van der Waals surface area contributed by atoms with Crippen LogP contribution in [0.1, 0.15) is 10.4 Å². The monoisotopic (exact) mass is 463 g/mol. The lowest BCUT2D eigenvalue weighted by Gasteiger charge is -2.25. The van der Waals surface area contributed by atoms with Crippen LogP contribution < -0.4 is 4.90 Å². The molecule has 5 heteroatoms. The van der Waals surface area contributed by atoms with Gasteiger partial charge in [-0.1, -0.05) is 31.9 Å². The van der Waals surface area contributed by atoms with E-state index in [1.807, 2.05) is 60.7 Å². The Kier molecular flexibility index (Phi) is 5.39. The number of nitrogens with zero attached hydrogens (tertiary/aromatic N) is 1. The predicted octanol–water partition coefficient (Wildman–Crippen LogP) is 7.06. The fourth-order valence-corrected chi connectivity index (χ4v) is 3.02. The summed E-state index contributed by atoms with van der Waals surface area (Å²) < 4.78 is 2.04. The Morgan fingerprint density at radius 3 is 1.33 bits per heavy atom. The molecule has 2 nitrogen and oxygen atoms in total. The number of hydrogen-bond acceptors (Lipinski definition) is 2. The van der Waals surface area contributed by atoms with E-state index in [0.29, 0.717) is 5.56 Å². The zero-order valence-corrected chi connectivity index (χ0v) is 16.3. The van der Waals surface area contributed by atoms with Gasteiger partial charge >= 0.3 is 0 Å². The van der Waals surface area contributed by atoms with Gasteiger partial charge in [0.1, 0.15) is 0 Å². The van der Waals surface area contributed by atoms with Crippen molar-refractivity contribution < 1.29 is 4.79 Å². The molecule has 0 radical (unpaired) electrons. The van der Waals surface area contributed by atoms with Gasteiger partial charge in [-0.25, -0.2) is 0 Å². The molecule has 3 aromatic rings. The summed E-state index contributed by atoms with van der Waals surface area (Å²) in [6.45, 7) is 0. The minimum atomic E-state index is -0.458. The molecule has 0 saturated heterocycles. The van der Waals surface area contributed by atoms with Gasteiger partial charge in [0, 0.05) is 31.6 Å². The highest BCUT2D eigenvalue weighted by molar-refractivity contribution is 9.10. The molecule has 3 aromatic carbocycles. The van der Waals surface area contributed by atoms with E-state index in [2.05, 4.69) is 36.8 Å². The molecule has 0 aromatic heterocycles. The second-order valence-electron chi connectivity index (χ2n) is 5.11. The predicted molar refractivity (Wildman–Crippen MR) is 107 cm³/mol. The van der Waals surface area contributed by atoms with Crippen LogP contribution in [0.15, 0.2) is 81.7 Å². The Morgan fingerprint density at radius 2 is 1.00 bits per heavy atom. The van der Waals surface area contributed by atoms with E-state index in [1.165, 1.54) is 0 Å². The van der Waals surface area contributed by atoms with E-state index < -0.39 is 5.24 Å². The third kappa shape index (κ3) is 3.89. The summed E-state index contributed by atoms with van der Waals surface area (Å²) in [6, 6.07) is 23.4. The van der Waals surface area contributed by atoms with Crippen LogP contribution in [0.4, 0.5) is 17.1 Å². The molecule has 0 aliphatic rings. The minimum absolute atomic E-state index is 0.458. The van der Waals surface area contributed by atoms with E-state index in [1.54, 1.807) is 12.1 Å². The van der Waals surface area contributed by atoms with E-state index in [4.69, 9.17) is 11.6 Å². The molecule has 0 fully saturated rings. The van der Waals surface area contributed by atoms with Crippen molar-refractivity contribution in [2.45, 2.75) is 0 Å². The third-order valence-corrected chi connectivity index (χ3v) is 4.80. The Hall–Kier alpha value is -1.62. The molecular weight excluding hydrogens is 453 g/mol. The van der Waals surface area contributed by atoms with Crippen molar-refractivity contribution >= 4 is 65.8 Å². The molecule has 0 atom stereocenters. The largest absolute Gasteiger partial charge is 0.311 e. The van der Waals surface area contributed by atoms with E-state index in [9.17, 15) is 4.79 Å². The molecular formula is C19H12Br2ClNO. The Balaban J connectivity index is 2.08. The summed E-state index contributed by atoms with van der Waals surface area (Å²) in [5, 5.41) is -0.458. The average Bonchev–Trinajstić information content (AvgIpc) is 2.59. The van der Waals surface area contributed by atoms with Gasteiger partial charge in [-0.15, -0.1) is 0 Å². The molecule has 3 rings (SSSR count). The van der Waals surface area contributed by atoms with Gasteiger partial charge in [0.25, 0.3) is 5.24 Å². The quantitative estimate of drug-likeness (QED) is 0.385. The van der Waals surface area contributed by atoms with Gasteiger partial charge in [0.05, 0.1) is 0 Å². The van der Waals surface area contributed by atoms with Gasteiger partial charge in [0.15, 0.2) is 0 Å². The van der Waals surface area contributed by atoms with Crippen molar-refractivity contribution in [2.24, 2.45) is 0 Å². The molecule has 0 N–H and O–H groups in total. The van der Waals surface area contributed by atoms with Crippen molar-refractivity contribution in [3.8, 4) is 0 Å². The third-order valence-electron chi connectivity index (χ3n) is 3.52. The maximum absolute atomic E-state index is 11.3. The van der Waals surface area contributed by atoms with Crippen LogP contribution in [0.2, 0.25) is 0 Å². The first-order valence-corrected chi connectivity index (χ1v) is 9.12. The van der Waals surface area contributed by atoms with Crippen LogP contribution in [0.25, 0.3) is 0 Å². The molecule has 24 heavy (non-hydrogen) atoms. The fourth-order valence-electron chi connectivity index (χ4n) is 2.37. The summed E-state index contributed by atoms with van der Waals surface area (Å²) >= 11 is 12.5. The SMILES string of the molecule is O=C(Cl)c1ccc(N(c2ccc(Br)cc2)c2ccc(Br)cc2)cc1. The van der Waals surface area contributed by atoms with Gasteiger partial charge in [-0.2, -0.15) is 0 Å². The lowest BCUT2D eigenvalue weighted by atomic mass is 10.1. The lowest BCUT2D eigenvalue weighted by molar-refractivity contribution is 0.108. The van der Waals surface area contributed by atoms with Crippen LogP contribution in [-0.2, 0) is 0 Å². The zero-order chi connectivity index (χ0) is 17.1. The highest BCUT2D eigenvalue weighted by atomic mass is 79.9. The number of carbonyl (C=O) groups is 1. The molecule has 0 heterocycles. The summed E-state index contributed by atoms with van der Waals surface area (Å²) in [4.78, 5) is 13.4. The molecule has 0 aliphatic carbocycles. The number of carbonyl (C=O) groups excluding carboxylic acids is 1. The maximum Gasteiger partial charge on any atom is 0.252 e. The van der Waals surface area contributed by atoms with Crippen LogP contribution in [0, 0.1) is 0 Å². The van der Waals surface area contributed by atoms with Crippen molar-refractivity contribution in [2.75, 3.05) is 4.90 Å². The van der Waals surface area contributed by atoms with E-state index >= 15 is 0 Å². The minimum Gasteiger partial charge on any atom is -0.311 e. The zero-order valence-electron chi connectivity index (χ0n) is 12.4. The van der Waals surface area contributed by atoms with E-state index in [-0.39, 0.29) is 0 Å². The number of rotatable bonds is 4. The van der Waals surface area contributed by atoms with Crippen LogP contribution >= 0.6 is 43.5 Å². The van der Waals surface area contributed by atoms with Gasteiger partial charge in [-0.05, 0) is 84.4 Å². The van der Waals surface area contributed by atoms with Crippen LogP contribution in [0.3, 0.4) is 0 Å². The summed E-state index contributed by atoms with van der Waals surface area (Å²) in [5.74, 6) is 0. The first-order chi connectivity index (χ1) is 11.5. The van der Waals surface area contributed by atoms with Crippen molar-refractivity contribution in [1.29, 1.82) is 0 Å². The molecule has 0 unspecified atom stereocenters. The Morgan fingerprint density at radius 1 is 0.667 bits per heavy atom.